The van der Waals surface area contributed by atoms with E-state index in [1.807, 2.05) is 41.3 Å². The first-order chi connectivity index (χ1) is 15.5. The summed E-state index contributed by atoms with van der Waals surface area (Å²) in [6, 6.07) is 12.5. The number of primary amides is 1. The lowest BCUT2D eigenvalue weighted by molar-refractivity contribution is 0.0718. The van der Waals surface area contributed by atoms with Gasteiger partial charge in [-0.1, -0.05) is 24.3 Å². The Morgan fingerprint density at radius 3 is 2.47 bits per heavy atom. The lowest BCUT2D eigenvalue weighted by Gasteiger charge is -2.25. The average molecular weight is 435 g/mol. The number of pyridine rings is 1. The van der Waals surface area contributed by atoms with Crippen molar-refractivity contribution in [2.75, 3.05) is 20.2 Å². The van der Waals surface area contributed by atoms with Gasteiger partial charge in [-0.2, -0.15) is 5.10 Å². The molecule has 1 aliphatic heterocycles. The fourth-order valence-corrected chi connectivity index (χ4v) is 3.75. The number of urea groups is 1. The van der Waals surface area contributed by atoms with Crippen molar-refractivity contribution < 1.29 is 14.3 Å². The third kappa shape index (κ3) is 4.72. The predicted octanol–water partition coefficient (Wildman–Crippen LogP) is 2.74. The van der Waals surface area contributed by atoms with Crippen LogP contribution < -0.4 is 15.8 Å². The van der Waals surface area contributed by atoms with Crippen LogP contribution in [0.3, 0.4) is 0 Å². The summed E-state index contributed by atoms with van der Waals surface area (Å²) in [6.07, 6.45) is 4.85. The van der Waals surface area contributed by atoms with Crippen LogP contribution >= 0.6 is 0 Å². The fourth-order valence-electron chi connectivity index (χ4n) is 3.75. The molecule has 3 amide bonds. The van der Waals surface area contributed by atoms with Crippen molar-refractivity contribution in [3.8, 4) is 22.8 Å². The molecule has 9 heteroatoms. The maximum absolute atomic E-state index is 13.1. The summed E-state index contributed by atoms with van der Waals surface area (Å²) < 4.78 is 6.88. The van der Waals surface area contributed by atoms with Crippen LogP contribution in [-0.2, 0) is 6.54 Å². The molecule has 166 valence electrons. The zero-order valence-corrected chi connectivity index (χ0v) is 18.0. The van der Waals surface area contributed by atoms with Crippen molar-refractivity contribution in [1.82, 2.24) is 25.0 Å². The van der Waals surface area contributed by atoms with E-state index >= 15 is 0 Å². The first-order valence-electron chi connectivity index (χ1n) is 10.6. The number of benzene rings is 1. The van der Waals surface area contributed by atoms with Gasteiger partial charge in [-0.25, -0.2) is 14.5 Å². The van der Waals surface area contributed by atoms with E-state index in [-0.39, 0.29) is 5.91 Å². The molecule has 1 saturated heterocycles. The Labute approximate surface area is 186 Å². The first kappa shape index (κ1) is 21.4. The van der Waals surface area contributed by atoms with Gasteiger partial charge in [0.25, 0.3) is 5.91 Å². The Balaban J connectivity index is 1.69. The molecule has 4 rings (SSSR count). The second kappa shape index (κ2) is 9.51. The van der Waals surface area contributed by atoms with E-state index in [4.69, 9.17) is 10.5 Å². The minimum absolute atomic E-state index is 0.0616. The summed E-state index contributed by atoms with van der Waals surface area (Å²) in [5.74, 6) is 0.437. The SMILES string of the molecule is COc1ccc(-n2nc(C(=O)N3CCCCC3)cc2-c2ccc(CNC(N)=O)cc2)cn1. The summed E-state index contributed by atoms with van der Waals surface area (Å²) in [4.78, 5) is 30.2. The Morgan fingerprint density at radius 1 is 1.09 bits per heavy atom. The van der Waals surface area contributed by atoms with Gasteiger partial charge in [-0.3, -0.25) is 4.79 Å². The highest BCUT2D eigenvalue weighted by molar-refractivity contribution is 5.93. The van der Waals surface area contributed by atoms with Crippen LogP contribution in [0.15, 0.2) is 48.7 Å². The van der Waals surface area contributed by atoms with Gasteiger partial charge in [0.15, 0.2) is 5.69 Å². The molecule has 0 bridgehead atoms. The number of nitrogens with two attached hydrogens (primary N) is 1. The van der Waals surface area contributed by atoms with Crippen LogP contribution in [0.5, 0.6) is 5.88 Å². The first-order valence-corrected chi connectivity index (χ1v) is 10.6. The number of hydrogen-bond acceptors (Lipinski definition) is 5. The monoisotopic (exact) mass is 434 g/mol. The minimum atomic E-state index is -0.569. The standard InChI is InChI=1S/C23H26N6O3/c1-32-21-10-9-18(15-25-21)29-20(17-7-5-16(6-8-17)14-26-23(24)31)13-19(27-29)22(30)28-11-3-2-4-12-28/h5-10,13,15H,2-4,11-12,14H2,1H3,(H3,24,26,31). The quantitative estimate of drug-likeness (QED) is 0.619. The third-order valence-corrected chi connectivity index (χ3v) is 5.46. The molecule has 0 aliphatic carbocycles. The van der Waals surface area contributed by atoms with E-state index in [9.17, 15) is 9.59 Å². The normalized spacial score (nSPS) is 13.6. The lowest BCUT2D eigenvalue weighted by atomic mass is 10.1. The van der Waals surface area contributed by atoms with Crippen molar-refractivity contribution in [2.45, 2.75) is 25.8 Å². The number of carbonyl (C=O) groups is 2. The molecule has 1 aromatic carbocycles. The topological polar surface area (TPSA) is 115 Å². The predicted molar refractivity (Wildman–Crippen MR) is 120 cm³/mol. The second-order valence-electron chi connectivity index (χ2n) is 7.65. The largest absolute Gasteiger partial charge is 0.481 e. The number of methoxy groups -OCH3 is 1. The molecule has 0 saturated carbocycles. The number of aromatic nitrogens is 3. The van der Waals surface area contributed by atoms with Gasteiger partial charge < -0.3 is 20.7 Å². The maximum atomic E-state index is 13.1. The van der Waals surface area contributed by atoms with Gasteiger partial charge in [0.2, 0.25) is 5.88 Å². The summed E-state index contributed by atoms with van der Waals surface area (Å²) in [5.41, 5.74) is 8.83. The number of nitrogens with one attached hydrogen (secondary N) is 1. The molecule has 3 heterocycles. The molecular weight excluding hydrogens is 408 g/mol. The summed E-state index contributed by atoms with van der Waals surface area (Å²) in [7, 11) is 1.56. The van der Waals surface area contributed by atoms with Crippen molar-refractivity contribution >= 4 is 11.9 Å². The minimum Gasteiger partial charge on any atom is -0.481 e. The molecule has 9 nitrogen and oxygen atoms in total. The molecule has 3 N–H and O–H groups in total. The molecule has 32 heavy (non-hydrogen) atoms. The molecule has 0 atom stereocenters. The van der Waals surface area contributed by atoms with Gasteiger partial charge in [-0.05, 0) is 37.0 Å². The summed E-state index contributed by atoms with van der Waals surface area (Å²) in [6.45, 7) is 1.86. The number of amides is 3. The number of nitrogens with zero attached hydrogens (tertiary/aromatic N) is 4. The highest BCUT2D eigenvalue weighted by atomic mass is 16.5. The van der Waals surface area contributed by atoms with Crippen molar-refractivity contribution in [3.05, 3.63) is 59.9 Å². The molecule has 0 spiro atoms. The van der Waals surface area contributed by atoms with E-state index in [0.29, 0.717) is 18.1 Å². The number of carbonyl (C=O) groups excluding carboxylic acids is 2. The van der Waals surface area contributed by atoms with Gasteiger partial charge >= 0.3 is 6.03 Å². The van der Waals surface area contributed by atoms with Crippen LogP contribution in [0.25, 0.3) is 16.9 Å². The van der Waals surface area contributed by atoms with Crippen molar-refractivity contribution in [1.29, 1.82) is 0 Å². The molecular formula is C23H26N6O3. The van der Waals surface area contributed by atoms with E-state index < -0.39 is 6.03 Å². The molecule has 1 fully saturated rings. The number of ether oxygens (including phenoxy) is 1. The Bertz CT molecular complexity index is 1090. The highest BCUT2D eigenvalue weighted by Gasteiger charge is 2.23. The second-order valence-corrected chi connectivity index (χ2v) is 7.65. The van der Waals surface area contributed by atoms with Gasteiger partial charge in [0.05, 0.1) is 24.7 Å². The van der Waals surface area contributed by atoms with Gasteiger partial charge in [0, 0.05) is 31.3 Å². The number of likely N-dealkylation sites (tertiary alicyclic amines) is 1. The third-order valence-electron chi connectivity index (χ3n) is 5.46. The van der Waals surface area contributed by atoms with Gasteiger partial charge in [0.1, 0.15) is 0 Å². The zero-order valence-electron chi connectivity index (χ0n) is 18.0. The number of hydrogen-bond donors (Lipinski definition) is 2. The van der Waals surface area contributed by atoms with Crippen LogP contribution in [0.1, 0.15) is 35.3 Å². The Kier molecular flexibility index (Phi) is 6.34. The van der Waals surface area contributed by atoms with Crippen LogP contribution in [0.2, 0.25) is 0 Å². The van der Waals surface area contributed by atoms with Crippen LogP contribution in [0.4, 0.5) is 4.79 Å². The molecule has 2 aromatic heterocycles. The zero-order chi connectivity index (χ0) is 22.5. The molecule has 3 aromatic rings. The van der Waals surface area contributed by atoms with Crippen molar-refractivity contribution in [3.63, 3.8) is 0 Å². The molecule has 0 radical (unpaired) electrons. The lowest BCUT2D eigenvalue weighted by Crippen LogP contribution is -2.35. The maximum Gasteiger partial charge on any atom is 0.312 e. The van der Waals surface area contributed by atoms with Crippen LogP contribution in [0, 0.1) is 0 Å². The average Bonchev–Trinajstić information content (AvgIpc) is 3.28. The molecule has 0 unspecified atom stereocenters. The van der Waals surface area contributed by atoms with E-state index in [1.165, 1.54) is 0 Å². The number of piperidine rings is 1. The van der Waals surface area contributed by atoms with Crippen molar-refractivity contribution in [2.24, 2.45) is 5.73 Å². The van der Waals surface area contributed by atoms with Crippen LogP contribution in [-0.4, -0.2) is 51.8 Å². The fraction of sp³-hybridized carbons (Fsp3) is 0.304. The van der Waals surface area contributed by atoms with E-state index in [1.54, 1.807) is 24.1 Å². The summed E-state index contributed by atoms with van der Waals surface area (Å²) in [5, 5.41) is 7.22. The summed E-state index contributed by atoms with van der Waals surface area (Å²) >= 11 is 0. The highest BCUT2D eigenvalue weighted by Crippen LogP contribution is 2.26. The van der Waals surface area contributed by atoms with E-state index in [2.05, 4.69) is 15.4 Å². The van der Waals surface area contributed by atoms with E-state index in [0.717, 1.165) is 54.9 Å². The Hall–Kier alpha value is -3.88. The Morgan fingerprint density at radius 2 is 1.84 bits per heavy atom. The van der Waals surface area contributed by atoms with Gasteiger partial charge in [-0.15, -0.1) is 0 Å². The molecule has 1 aliphatic rings. The smallest absolute Gasteiger partial charge is 0.312 e. The number of rotatable bonds is 6.